The van der Waals surface area contributed by atoms with Crippen LogP contribution in [0, 0.1) is 6.92 Å². The maximum absolute atomic E-state index is 12.9. The van der Waals surface area contributed by atoms with E-state index < -0.39 is 31.3 Å². The second kappa shape index (κ2) is 20.0. The molecule has 0 bridgehead atoms. The van der Waals surface area contributed by atoms with Gasteiger partial charge in [0.1, 0.15) is 42.5 Å². The van der Waals surface area contributed by atoms with E-state index in [1.54, 1.807) is 12.1 Å². The van der Waals surface area contributed by atoms with Gasteiger partial charge >= 0.3 is 0 Å². The number of ether oxygens (including phenoxy) is 6. The van der Waals surface area contributed by atoms with Crippen molar-refractivity contribution in [1.82, 2.24) is 0 Å². The van der Waals surface area contributed by atoms with E-state index in [-0.39, 0.29) is 6.61 Å². The van der Waals surface area contributed by atoms with Crippen LogP contribution < -0.4 is 9.47 Å². The second-order valence-electron chi connectivity index (χ2n) is 14.3. The summed E-state index contributed by atoms with van der Waals surface area (Å²) in [6, 6.07) is 52.2. The number of halogens is 1. The van der Waals surface area contributed by atoms with Crippen molar-refractivity contribution in [2.75, 3.05) is 13.5 Å². The molecule has 6 aromatic carbocycles. The van der Waals surface area contributed by atoms with Gasteiger partial charge < -0.3 is 28.4 Å². The van der Waals surface area contributed by atoms with Gasteiger partial charge in [-0.1, -0.05) is 140 Å². The Morgan fingerprint density at radius 2 is 1.14 bits per heavy atom. The molecule has 4 atom stereocenters. The minimum absolute atomic E-state index is 0.271. The molecular weight excluding hydrogens is 716 g/mol. The Labute approximate surface area is 335 Å². The zero-order chi connectivity index (χ0) is 39.2. The number of aryl methyl sites for hydroxylation is 1. The van der Waals surface area contributed by atoms with Crippen LogP contribution in [0.5, 0.6) is 11.5 Å². The van der Waals surface area contributed by atoms with Crippen LogP contribution in [0.4, 0.5) is 4.39 Å². The highest BCUT2D eigenvalue weighted by molar-refractivity contribution is 5.47. The first-order chi connectivity index (χ1) is 28.0. The number of rotatable bonds is 18. The van der Waals surface area contributed by atoms with E-state index in [4.69, 9.17) is 28.4 Å². The number of benzene rings is 6. The zero-order valence-corrected chi connectivity index (χ0v) is 32.3. The normalized spacial score (nSPS) is 18.0. The average Bonchev–Trinajstić information content (AvgIpc) is 3.25. The molecule has 6 nitrogen and oxygen atoms in total. The first kappa shape index (κ1) is 39.7. The molecule has 0 radical (unpaired) electrons. The summed E-state index contributed by atoms with van der Waals surface area (Å²) in [5.41, 5.74) is 8.99. The van der Waals surface area contributed by atoms with Gasteiger partial charge in [-0.15, -0.1) is 0 Å². The van der Waals surface area contributed by atoms with Crippen LogP contribution in [0.25, 0.3) is 0 Å². The Bertz CT molecular complexity index is 2130. The molecule has 1 fully saturated rings. The van der Waals surface area contributed by atoms with Crippen molar-refractivity contribution in [3.63, 3.8) is 0 Å². The predicted molar refractivity (Wildman–Crippen MR) is 221 cm³/mol. The topological polar surface area (TPSA) is 55.4 Å². The fraction of sp³-hybridized carbons (Fsp3) is 0.240. The molecule has 1 aliphatic heterocycles. The SMILES string of the molecule is C=C1[C@@H](COCc2ccccc2)O[C@@H](c2cc(Cc3ccc(OCF)cc3)c(C)cc2OCc2ccccc2)[C@H](OCc2ccccc2)[C@H]1OCc1ccccc1. The Kier molecular flexibility index (Phi) is 13.9. The van der Waals surface area contributed by atoms with Gasteiger partial charge in [-0.25, -0.2) is 4.39 Å². The highest BCUT2D eigenvalue weighted by Gasteiger charge is 2.45. The maximum atomic E-state index is 12.9. The molecule has 0 N–H and O–H groups in total. The summed E-state index contributed by atoms with van der Waals surface area (Å²) in [5.74, 6) is 1.18. The third-order valence-corrected chi connectivity index (χ3v) is 10.2. The fourth-order valence-electron chi connectivity index (χ4n) is 7.06. The standard InChI is InChI=1S/C50H49FO6/c1-36-27-46(53-31-40-17-9-4-10-18-40)45(29-43(36)28-38-23-25-44(26-24-38)56-35-51)49-50(55-33-42-21-13-6-14-22-42)48(54-32-41-19-11-5-12-20-41)37(2)47(57-49)34-52-30-39-15-7-3-8-16-39/h3-27,29,47-50H,2,28,30-35H2,1H3/t47-,48+,49+,50-/m1/s1. The molecule has 7 rings (SSSR count). The lowest BCUT2D eigenvalue weighted by atomic mass is 9.87. The number of hydrogen-bond donors (Lipinski definition) is 0. The van der Waals surface area contributed by atoms with E-state index in [9.17, 15) is 4.39 Å². The lowest BCUT2D eigenvalue weighted by Gasteiger charge is -2.43. The van der Waals surface area contributed by atoms with Crippen molar-refractivity contribution in [2.24, 2.45) is 0 Å². The minimum atomic E-state index is -0.873. The van der Waals surface area contributed by atoms with Crippen LogP contribution in [0.15, 0.2) is 170 Å². The van der Waals surface area contributed by atoms with Gasteiger partial charge in [0.05, 0.1) is 26.4 Å². The van der Waals surface area contributed by atoms with E-state index in [0.29, 0.717) is 44.3 Å². The van der Waals surface area contributed by atoms with E-state index in [1.165, 1.54) is 0 Å². The van der Waals surface area contributed by atoms with Crippen molar-refractivity contribution >= 4 is 0 Å². The summed E-state index contributed by atoms with van der Waals surface area (Å²) in [4.78, 5) is 0. The molecule has 0 aromatic heterocycles. The molecular formula is C50H49FO6. The first-order valence-electron chi connectivity index (χ1n) is 19.4. The Morgan fingerprint density at radius 1 is 0.596 bits per heavy atom. The van der Waals surface area contributed by atoms with Crippen molar-refractivity contribution in [2.45, 2.75) is 64.2 Å². The van der Waals surface area contributed by atoms with Crippen molar-refractivity contribution in [3.05, 3.63) is 214 Å². The summed E-state index contributed by atoms with van der Waals surface area (Å²) in [6.45, 7) is 7.57. The first-order valence-corrected chi connectivity index (χ1v) is 19.4. The molecule has 6 aromatic rings. The van der Waals surface area contributed by atoms with Gasteiger partial charge in [-0.05, 0) is 82.1 Å². The summed E-state index contributed by atoms with van der Waals surface area (Å²) in [6.07, 6.45) is -1.66. The monoisotopic (exact) mass is 764 g/mol. The number of hydrogen-bond acceptors (Lipinski definition) is 6. The summed E-state index contributed by atoms with van der Waals surface area (Å²) < 4.78 is 51.9. The molecule has 0 unspecified atom stereocenters. The molecule has 57 heavy (non-hydrogen) atoms. The van der Waals surface area contributed by atoms with Crippen molar-refractivity contribution in [1.29, 1.82) is 0 Å². The van der Waals surface area contributed by atoms with Gasteiger partial charge in [0, 0.05) is 5.56 Å². The summed E-state index contributed by atoms with van der Waals surface area (Å²) >= 11 is 0. The van der Waals surface area contributed by atoms with Crippen molar-refractivity contribution < 1.29 is 32.8 Å². The molecule has 0 amide bonds. The van der Waals surface area contributed by atoms with Crippen LogP contribution in [0.3, 0.4) is 0 Å². The fourth-order valence-corrected chi connectivity index (χ4v) is 7.06. The van der Waals surface area contributed by atoms with Crippen LogP contribution in [-0.2, 0) is 51.8 Å². The van der Waals surface area contributed by atoms with Crippen LogP contribution in [-0.4, -0.2) is 31.8 Å². The van der Waals surface area contributed by atoms with Gasteiger partial charge in [0.2, 0.25) is 6.86 Å². The van der Waals surface area contributed by atoms with Crippen LogP contribution >= 0.6 is 0 Å². The summed E-state index contributed by atoms with van der Waals surface area (Å²) in [7, 11) is 0. The number of alkyl halides is 1. The van der Waals surface area contributed by atoms with Gasteiger partial charge in [0.15, 0.2) is 0 Å². The predicted octanol–water partition coefficient (Wildman–Crippen LogP) is 10.9. The highest BCUT2D eigenvalue weighted by atomic mass is 19.1. The maximum Gasteiger partial charge on any atom is 0.228 e. The van der Waals surface area contributed by atoms with Gasteiger partial charge in [-0.2, -0.15) is 0 Å². The zero-order valence-electron chi connectivity index (χ0n) is 32.3. The van der Waals surface area contributed by atoms with E-state index in [2.05, 4.69) is 62.0 Å². The molecule has 1 saturated heterocycles. The van der Waals surface area contributed by atoms with E-state index in [0.717, 1.165) is 50.1 Å². The molecule has 7 heteroatoms. The largest absolute Gasteiger partial charge is 0.489 e. The smallest absolute Gasteiger partial charge is 0.228 e. The second-order valence-corrected chi connectivity index (χ2v) is 14.3. The molecule has 292 valence electrons. The Balaban J connectivity index is 1.28. The summed E-state index contributed by atoms with van der Waals surface area (Å²) in [5, 5.41) is 0. The van der Waals surface area contributed by atoms with Gasteiger partial charge in [0.25, 0.3) is 0 Å². The molecule has 0 saturated carbocycles. The highest BCUT2D eigenvalue weighted by Crippen LogP contribution is 2.43. The van der Waals surface area contributed by atoms with Crippen LogP contribution in [0.2, 0.25) is 0 Å². The van der Waals surface area contributed by atoms with Crippen molar-refractivity contribution in [3.8, 4) is 11.5 Å². The van der Waals surface area contributed by atoms with E-state index in [1.807, 2.05) is 97.1 Å². The molecule has 1 aliphatic rings. The molecule has 0 spiro atoms. The third kappa shape index (κ3) is 10.8. The van der Waals surface area contributed by atoms with Gasteiger partial charge in [-0.3, -0.25) is 0 Å². The third-order valence-electron chi connectivity index (χ3n) is 10.2. The van der Waals surface area contributed by atoms with Crippen LogP contribution in [0.1, 0.15) is 50.6 Å². The quantitative estimate of drug-likeness (QED) is 0.0813. The molecule has 1 heterocycles. The van der Waals surface area contributed by atoms with E-state index >= 15 is 0 Å². The Morgan fingerprint density at radius 3 is 1.72 bits per heavy atom. The molecule has 0 aliphatic carbocycles. The average molecular weight is 765 g/mol. The lowest BCUT2D eigenvalue weighted by molar-refractivity contribution is -0.191. The minimum Gasteiger partial charge on any atom is -0.489 e. The Hall–Kier alpha value is -5.57. The lowest BCUT2D eigenvalue weighted by Crippen LogP contribution is -2.49.